The zero-order valence-corrected chi connectivity index (χ0v) is 12.9. The lowest BCUT2D eigenvalue weighted by atomic mass is 9.97. The minimum Gasteiger partial charge on any atom is -0.338 e. The van der Waals surface area contributed by atoms with Gasteiger partial charge in [0.1, 0.15) is 0 Å². The molecule has 5 heteroatoms. The molecule has 3 nitrogen and oxygen atoms in total. The Hall–Kier alpha value is -0.140. The Morgan fingerprint density at radius 3 is 3.18 bits per heavy atom. The Morgan fingerprint density at radius 1 is 1.71 bits per heavy atom. The van der Waals surface area contributed by atoms with Gasteiger partial charge in [0.05, 0.1) is 8.45 Å². The molecule has 0 bridgehead atoms. The lowest BCUT2D eigenvalue weighted by Gasteiger charge is -2.32. The largest absolute Gasteiger partial charge is 0.338 e. The summed E-state index contributed by atoms with van der Waals surface area (Å²) >= 11 is 3.89. The molecule has 2 rings (SSSR count). The molecule has 0 aromatic carbocycles. The molecule has 1 N–H and O–H groups in total. The molecule has 1 unspecified atom stereocenters. The second-order valence-electron chi connectivity index (χ2n) is 4.46. The summed E-state index contributed by atoms with van der Waals surface area (Å²) in [5.74, 6) is 0.806. The molecule has 2 heterocycles. The van der Waals surface area contributed by atoms with Crippen LogP contribution in [0.4, 0.5) is 0 Å². The highest BCUT2D eigenvalue weighted by Gasteiger charge is 2.24. The Balaban J connectivity index is 1.99. The predicted octanol–water partition coefficient (Wildman–Crippen LogP) is 2.42. The van der Waals surface area contributed by atoms with Gasteiger partial charge in [0.15, 0.2) is 0 Å². The topological polar surface area (TPSA) is 32.3 Å². The zero-order valence-electron chi connectivity index (χ0n) is 9.91. The lowest BCUT2D eigenvalue weighted by molar-refractivity contribution is 0.0675. The molecular weight excluding hydrogens is 347 g/mol. The number of nitrogens with zero attached hydrogens (tertiary/aromatic N) is 1. The third-order valence-corrected chi connectivity index (χ3v) is 4.90. The zero-order chi connectivity index (χ0) is 12.3. The fourth-order valence-corrected chi connectivity index (χ4v) is 3.63. The number of halogens is 1. The molecule has 17 heavy (non-hydrogen) atoms. The maximum atomic E-state index is 12.3. The van der Waals surface area contributed by atoms with Crippen molar-refractivity contribution in [3.05, 3.63) is 19.9 Å². The highest BCUT2D eigenvalue weighted by atomic mass is 127. The van der Waals surface area contributed by atoms with Gasteiger partial charge in [-0.2, -0.15) is 0 Å². The number of piperidine rings is 1. The summed E-state index contributed by atoms with van der Waals surface area (Å²) < 4.78 is 1.18. The van der Waals surface area contributed by atoms with Gasteiger partial charge in [0.25, 0.3) is 5.91 Å². The van der Waals surface area contributed by atoms with Crippen molar-refractivity contribution in [2.45, 2.75) is 12.8 Å². The van der Waals surface area contributed by atoms with Crippen molar-refractivity contribution in [1.82, 2.24) is 10.2 Å². The van der Waals surface area contributed by atoms with E-state index in [0.29, 0.717) is 5.92 Å². The van der Waals surface area contributed by atoms with Crippen LogP contribution < -0.4 is 5.32 Å². The summed E-state index contributed by atoms with van der Waals surface area (Å²) in [4.78, 5) is 14.3. The van der Waals surface area contributed by atoms with Crippen LogP contribution in [0.3, 0.4) is 0 Å². The maximum absolute atomic E-state index is 12.3. The van der Waals surface area contributed by atoms with Gasteiger partial charge in [-0.1, -0.05) is 0 Å². The number of nitrogens with one attached hydrogen (secondary N) is 1. The van der Waals surface area contributed by atoms with Crippen molar-refractivity contribution in [1.29, 1.82) is 0 Å². The Bertz CT molecular complexity index is 392. The molecule has 0 spiro atoms. The van der Waals surface area contributed by atoms with Crippen molar-refractivity contribution in [2.75, 3.05) is 26.7 Å². The minimum atomic E-state index is 0.199. The van der Waals surface area contributed by atoms with E-state index in [9.17, 15) is 4.79 Å². The van der Waals surface area contributed by atoms with Gasteiger partial charge in [0, 0.05) is 18.5 Å². The number of hydrogen-bond donors (Lipinski definition) is 1. The van der Waals surface area contributed by atoms with E-state index in [0.717, 1.165) is 31.6 Å². The van der Waals surface area contributed by atoms with E-state index in [-0.39, 0.29) is 5.91 Å². The summed E-state index contributed by atoms with van der Waals surface area (Å²) in [5, 5.41) is 5.17. The number of carbonyl (C=O) groups excluding carboxylic acids is 1. The van der Waals surface area contributed by atoms with Crippen molar-refractivity contribution in [3.63, 3.8) is 0 Å². The number of amides is 1. The molecule has 1 aromatic rings. The van der Waals surface area contributed by atoms with E-state index in [1.54, 1.807) is 11.3 Å². The molecule has 1 aliphatic rings. The van der Waals surface area contributed by atoms with Crippen LogP contribution in [-0.2, 0) is 0 Å². The number of carbonyl (C=O) groups is 1. The van der Waals surface area contributed by atoms with E-state index < -0.39 is 0 Å². The van der Waals surface area contributed by atoms with E-state index in [1.807, 2.05) is 23.4 Å². The Kier molecular flexibility index (Phi) is 4.81. The molecule has 0 aliphatic carbocycles. The van der Waals surface area contributed by atoms with Crippen LogP contribution in [0.2, 0.25) is 0 Å². The molecule has 1 fully saturated rings. The third kappa shape index (κ3) is 3.42. The van der Waals surface area contributed by atoms with Gasteiger partial charge in [-0.05, 0) is 61.0 Å². The summed E-state index contributed by atoms with van der Waals surface area (Å²) in [6.45, 7) is 2.81. The molecule has 1 aliphatic heterocycles. The van der Waals surface area contributed by atoms with E-state index in [4.69, 9.17) is 0 Å². The monoisotopic (exact) mass is 364 g/mol. The van der Waals surface area contributed by atoms with Crippen molar-refractivity contribution in [3.8, 4) is 0 Å². The predicted molar refractivity (Wildman–Crippen MR) is 79.6 cm³/mol. The normalized spacial score (nSPS) is 20.6. The van der Waals surface area contributed by atoms with E-state index in [1.165, 1.54) is 9.30 Å². The SMILES string of the molecule is CNCC1CCCN(C(=O)c2csc(I)c2)C1. The lowest BCUT2D eigenvalue weighted by Crippen LogP contribution is -2.42. The van der Waals surface area contributed by atoms with Crippen LogP contribution in [0, 0.1) is 8.80 Å². The average Bonchev–Trinajstić information content (AvgIpc) is 2.76. The average molecular weight is 364 g/mol. The van der Waals surface area contributed by atoms with Gasteiger partial charge >= 0.3 is 0 Å². The second kappa shape index (κ2) is 6.15. The molecular formula is C12H17IN2OS. The van der Waals surface area contributed by atoms with Crippen LogP contribution in [0.15, 0.2) is 11.4 Å². The van der Waals surface area contributed by atoms with Crippen LogP contribution in [-0.4, -0.2) is 37.5 Å². The van der Waals surface area contributed by atoms with Crippen molar-refractivity contribution < 1.29 is 4.79 Å². The van der Waals surface area contributed by atoms with Crippen LogP contribution in [0.5, 0.6) is 0 Å². The van der Waals surface area contributed by atoms with Crippen LogP contribution in [0.1, 0.15) is 23.2 Å². The highest BCUT2D eigenvalue weighted by Crippen LogP contribution is 2.21. The van der Waals surface area contributed by atoms with Crippen molar-refractivity contribution in [2.24, 2.45) is 5.92 Å². The first-order chi connectivity index (χ1) is 8.20. The number of likely N-dealkylation sites (tertiary alicyclic amines) is 1. The van der Waals surface area contributed by atoms with E-state index in [2.05, 4.69) is 27.9 Å². The third-order valence-electron chi connectivity index (χ3n) is 3.11. The summed E-state index contributed by atoms with van der Waals surface area (Å²) in [7, 11) is 1.97. The molecule has 1 saturated heterocycles. The first-order valence-corrected chi connectivity index (χ1v) is 7.84. The highest BCUT2D eigenvalue weighted by molar-refractivity contribution is 14.1. The molecule has 1 atom stereocenters. The summed E-state index contributed by atoms with van der Waals surface area (Å²) in [6.07, 6.45) is 2.35. The fourth-order valence-electron chi connectivity index (χ4n) is 2.31. The summed E-state index contributed by atoms with van der Waals surface area (Å²) in [5.41, 5.74) is 0.851. The number of rotatable bonds is 3. The fraction of sp³-hybridized carbons (Fsp3) is 0.583. The standard InChI is InChI=1S/C12H17IN2OS/c1-14-6-9-3-2-4-15(7-9)12(16)10-5-11(13)17-8-10/h5,8-9,14H,2-4,6-7H2,1H3. The maximum Gasteiger partial charge on any atom is 0.254 e. The van der Waals surface area contributed by atoms with Gasteiger partial charge in [0.2, 0.25) is 0 Å². The molecule has 0 radical (unpaired) electrons. The first kappa shape index (κ1) is 13.3. The van der Waals surface area contributed by atoms with Gasteiger partial charge < -0.3 is 10.2 Å². The Labute approximate surface area is 120 Å². The van der Waals surface area contributed by atoms with Crippen molar-refractivity contribution >= 4 is 39.8 Å². The van der Waals surface area contributed by atoms with Gasteiger partial charge in [-0.3, -0.25) is 4.79 Å². The molecule has 1 amide bonds. The van der Waals surface area contributed by atoms with Crippen LogP contribution in [0.25, 0.3) is 0 Å². The Morgan fingerprint density at radius 2 is 2.53 bits per heavy atom. The quantitative estimate of drug-likeness (QED) is 0.836. The first-order valence-electron chi connectivity index (χ1n) is 5.88. The summed E-state index contributed by atoms with van der Waals surface area (Å²) in [6, 6.07) is 1.98. The molecule has 0 saturated carbocycles. The smallest absolute Gasteiger partial charge is 0.254 e. The van der Waals surface area contributed by atoms with Gasteiger partial charge in [-0.15, -0.1) is 11.3 Å². The van der Waals surface area contributed by atoms with E-state index >= 15 is 0 Å². The molecule has 94 valence electrons. The number of hydrogen-bond acceptors (Lipinski definition) is 3. The van der Waals surface area contributed by atoms with Crippen LogP contribution >= 0.6 is 33.9 Å². The molecule has 1 aromatic heterocycles. The second-order valence-corrected chi connectivity index (χ2v) is 7.26. The minimum absolute atomic E-state index is 0.199. The number of thiophene rings is 1. The van der Waals surface area contributed by atoms with Gasteiger partial charge in [-0.25, -0.2) is 0 Å².